The van der Waals surface area contributed by atoms with Crippen LogP contribution >= 0.6 is 81.2 Å². The molecule has 1 rings (SSSR count). The average molecular weight is 431 g/mol. The Morgan fingerprint density at radius 2 is 1.71 bits per heavy atom. The van der Waals surface area contributed by atoms with Crippen LogP contribution in [0.2, 0.25) is 15.1 Å². The highest BCUT2D eigenvalue weighted by Gasteiger charge is 2.23. The lowest BCUT2D eigenvalue weighted by molar-refractivity contribution is 0.222. The van der Waals surface area contributed by atoms with Gasteiger partial charge in [-0.1, -0.05) is 81.2 Å². The summed E-state index contributed by atoms with van der Waals surface area (Å²) in [6.07, 6.45) is 0. The molecule has 0 radical (unpaired) electrons. The van der Waals surface area contributed by atoms with Gasteiger partial charge >= 0.3 is 6.03 Å². The number of carbonyl (C=O) groups is 1. The van der Waals surface area contributed by atoms with Crippen LogP contribution in [0.4, 0.5) is 10.5 Å². The fraction of sp³-hybridized carbons (Fsp3) is 0.182. The molecule has 2 amide bonds. The number of amides is 2. The van der Waals surface area contributed by atoms with Crippen molar-refractivity contribution in [2.75, 3.05) is 12.4 Å². The second-order valence-corrected chi connectivity index (χ2v) is 6.64. The number of anilines is 1. The van der Waals surface area contributed by atoms with Crippen molar-refractivity contribution in [2.45, 2.75) is 5.50 Å². The van der Waals surface area contributed by atoms with Gasteiger partial charge in [-0.3, -0.25) is 0 Å². The Morgan fingerprint density at radius 1 is 1.14 bits per heavy atom. The summed E-state index contributed by atoms with van der Waals surface area (Å²) >= 11 is 40.4. The van der Waals surface area contributed by atoms with E-state index in [-0.39, 0.29) is 30.3 Å². The van der Waals surface area contributed by atoms with Gasteiger partial charge in [-0.05, 0) is 12.1 Å². The topological polar surface area (TPSA) is 32.3 Å². The van der Waals surface area contributed by atoms with Crippen molar-refractivity contribution in [3.05, 3.63) is 36.7 Å². The molecule has 0 bridgehead atoms. The average Bonchev–Trinajstić information content (AvgIpc) is 2.45. The van der Waals surface area contributed by atoms with Gasteiger partial charge in [0.1, 0.15) is 9.99 Å². The van der Waals surface area contributed by atoms with Crippen LogP contribution in [-0.2, 0) is 0 Å². The molecule has 0 fully saturated rings. The Morgan fingerprint density at radius 3 is 2.24 bits per heavy atom. The Bertz CT molecular complexity index is 586. The number of halogens is 7. The maximum absolute atomic E-state index is 12.1. The lowest BCUT2D eigenvalue weighted by Crippen LogP contribution is -2.37. The van der Waals surface area contributed by atoms with E-state index in [2.05, 4.69) is 5.32 Å². The van der Waals surface area contributed by atoms with Crippen molar-refractivity contribution in [2.24, 2.45) is 0 Å². The SMILES string of the molecule is CN(C(=O)Nc1ccc(Cl)c(Cl)c1Cl)C(Cl)C(Cl)=C(Cl)Cl. The van der Waals surface area contributed by atoms with Gasteiger partial charge in [0.15, 0.2) is 0 Å². The van der Waals surface area contributed by atoms with E-state index in [1.807, 2.05) is 0 Å². The van der Waals surface area contributed by atoms with Gasteiger partial charge in [0.25, 0.3) is 0 Å². The van der Waals surface area contributed by atoms with Crippen molar-refractivity contribution in [1.82, 2.24) is 4.90 Å². The van der Waals surface area contributed by atoms with Crippen LogP contribution in [-0.4, -0.2) is 23.5 Å². The van der Waals surface area contributed by atoms with Crippen molar-refractivity contribution >= 4 is 92.9 Å². The first-order valence-corrected chi connectivity index (χ1v) is 7.89. The fourth-order valence-corrected chi connectivity index (χ4v) is 2.43. The summed E-state index contributed by atoms with van der Waals surface area (Å²) in [5.74, 6) is 0. The van der Waals surface area contributed by atoms with E-state index in [1.54, 1.807) is 0 Å². The number of rotatable bonds is 3. The molecule has 0 heterocycles. The summed E-state index contributed by atoms with van der Waals surface area (Å²) in [6.45, 7) is 0. The first kappa shape index (κ1) is 19.3. The minimum atomic E-state index is -1.04. The number of urea groups is 1. The van der Waals surface area contributed by atoms with Crippen LogP contribution < -0.4 is 5.32 Å². The van der Waals surface area contributed by atoms with Gasteiger partial charge < -0.3 is 10.2 Å². The van der Waals surface area contributed by atoms with E-state index in [0.29, 0.717) is 0 Å². The van der Waals surface area contributed by atoms with E-state index < -0.39 is 11.5 Å². The standard InChI is InChI=1S/C11H7Cl7N2O/c1-20(10(18)8(15)9(16)17)11(21)19-5-3-2-4(12)6(13)7(5)14/h2-3,10H,1H3,(H,19,21). The quantitative estimate of drug-likeness (QED) is 0.328. The number of hydrogen-bond donors (Lipinski definition) is 1. The number of likely N-dealkylation sites (N-methyl/N-ethyl adjacent to an activating group) is 1. The Kier molecular flexibility index (Phi) is 7.55. The molecule has 21 heavy (non-hydrogen) atoms. The zero-order chi connectivity index (χ0) is 16.3. The van der Waals surface area contributed by atoms with Crippen LogP contribution in [0.25, 0.3) is 0 Å². The molecule has 0 aliphatic rings. The molecule has 0 aliphatic heterocycles. The third-order valence-electron chi connectivity index (χ3n) is 2.33. The third kappa shape index (κ3) is 4.87. The second kappa shape index (κ2) is 8.21. The smallest absolute Gasteiger partial charge is 0.306 e. The maximum Gasteiger partial charge on any atom is 0.323 e. The highest BCUT2D eigenvalue weighted by Crippen LogP contribution is 2.36. The number of hydrogen-bond acceptors (Lipinski definition) is 1. The highest BCUT2D eigenvalue weighted by atomic mass is 35.5. The van der Waals surface area contributed by atoms with E-state index in [4.69, 9.17) is 81.2 Å². The number of nitrogens with zero attached hydrogens (tertiary/aromatic N) is 1. The normalized spacial score (nSPS) is 11.8. The van der Waals surface area contributed by atoms with Crippen molar-refractivity contribution in [1.29, 1.82) is 0 Å². The Hall–Kier alpha value is 0.260. The van der Waals surface area contributed by atoms with E-state index in [1.165, 1.54) is 19.2 Å². The predicted octanol–water partition coefficient (Wildman–Crippen LogP) is 6.56. The third-order valence-corrected chi connectivity index (χ3v) is 5.24. The van der Waals surface area contributed by atoms with Gasteiger partial charge in [-0.2, -0.15) is 0 Å². The van der Waals surface area contributed by atoms with Crippen LogP contribution in [0.15, 0.2) is 21.7 Å². The zero-order valence-corrected chi connectivity index (χ0v) is 15.5. The van der Waals surface area contributed by atoms with Crippen LogP contribution in [0.1, 0.15) is 0 Å². The largest absolute Gasteiger partial charge is 0.323 e. The molecular formula is C11H7Cl7N2O. The molecule has 1 aromatic rings. The molecule has 1 N–H and O–H groups in total. The summed E-state index contributed by atoms with van der Waals surface area (Å²) in [5.41, 5.74) is -0.776. The lowest BCUT2D eigenvalue weighted by Gasteiger charge is -2.23. The molecule has 0 saturated heterocycles. The molecule has 0 aromatic heterocycles. The molecule has 1 atom stereocenters. The van der Waals surface area contributed by atoms with Crippen molar-refractivity contribution < 1.29 is 4.79 Å². The molecule has 1 unspecified atom stereocenters. The Labute approximate surface area is 156 Å². The van der Waals surface area contributed by atoms with E-state index in [0.717, 1.165) is 4.90 Å². The zero-order valence-electron chi connectivity index (χ0n) is 10.2. The van der Waals surface area contributed by atoms with Gasteiger partial charge in [-0.15, -0.1) is 0 Å². The van der Waals surface area contributed by atoms with Crippen molar-refractivity contribution in [3.8, 4) is 0 Å². The number of benzene rings is 1. The minimum Gasteiger partial charge on any atom is -0.306 e. The Balaban J connectivity index is 2.92. The molecule has 0 saturated carbocycles. The van der Waals surface area contributed by atoms with Crippen LogP contribution in [0.5, 0.6) is 0 Å². The monoisotopic (exact) mass is 428 g/mol. The van der Waals surface area contributed by atoms with Gasteiger partial charge in [0.05, 0.1) is 25.8 Å². The molecule has 116 valence electrons. The number of nitrogens with one attached hydrogen (secondary N) is 1. The summed E-state index contributed by atoms with van der Waals surface area (Å²) in [6, 6.07) is 2.40. The first-order valence-electron chi connectivity index (χ1n) is 5.18. The van der Waals surface area contributed by atoms with E-state index >= 15 is 0 Å². The summed E-state index contributed by atoms with van der Waals surface area (Å²) in [5, 5.41) is 2.93. The molecule has 1 aromatic carbocycles. The lowest BCUT2D eigenvalue weighted by atomic mass is 10.3. The maximum atomic E-state index is 12.1. The van der Waals surface area contributed by atoms with Crippen LogP contribution in [0, 0.1) is 0 Å². The summed E-state index contributed by atoms with van der Waals surface area (Å²) in [7, 11) is 1.40. The number of alkyl halides is 1. The van der Waals surface area contributed by atoms with Gasteiger partial charge in [-0.25, -0.2) is 4.79 Å². The highest BCUT2D eigenvalue weighted by molar-refractivity contribution is 6.60. The van der Waals surface area contributed by atoms with E-state index in [9.17, 15) is 4.79 Å². The molecule has 10 heteroatoms. The summed E-state index contributed by atoms with van der Waals surface area (Å²) < 4.78 is -0.233. The second-order valence-electron chi connectivity index (χ2n) is 3.71. The molecule has 0 aliphatic carbocycles. The summed E-state index contributed by atoms with van der Waals surface area (Å²) in [4.78, 5) is 13.1. The molecular weight excluding hydrogens is 424 g/mol. The van der Waals surface area contributed by atoms with Crippen LogP contribution in [0.3, 0.4) is 0 Å². The molecule has 3 nitrogen and oxygen atoms in total. The van der Waals surface area contributed by atoms with Gasteiger partial charge in [0.2, 0.25) is 0 Å². The molecule has 0 spiro atoms. The first-order chi connectivity index (χ1) is 9.66. The van der Waals surface area contributed by atoms with Crippen molar-refractivity contribution in [3.63, 3.8) is 0 Å². The fourth-order valence-electron chi connectivity index (χ4n) is 1.19. The number of carbonyl (C=O) groups excluding carboxylic acids is 1. The predicted molar refractivity (Wildman–Crippen MR) is 92.5 cm³/mol. The minimum absolute atomic E-state index is 0.0853. The van der Waals surface area contributed by atoms with Gasteiger partial charge in [0, 0.05) is 7.05 Å².